The topological polar surface area (TPSA) is 103 Å². The summed E-state index contributed by atoms with van der Waals surface area (Å²) in [6, 6.07) is 10.8. The summed E-state index contributed by atoms with van der Waals surface area (Å²) in [6.07, 6.45) is -6.78. The molecule has 1 aliphatic heterocycles. The minimum absolute atomic E-state index is 0.624. The van der Waals surface area contributed by atoms with Crippen LogP contribution in [-0.4, -0.2) is 46.0 Å². The zero-order valence-electron chi connectivity index (χ0n) is 11.0. The number of aliphatic hydroxyl groups excluding tert-OH is 3. The van der Waals surface area contributed by atoms with Gasteiger partial charge < -0.3 is 24.8 Å². The van der Waals surface area contributed by atoms with E-state index in [0.29, 0.717) is 5.56 Å². The van der Waals surface area contributed by atoms with Gasteiger partial charge in [-0.2, -0.15) is 5.26 Å². The lowest BCUT2D eigenvalue weighted by atomic mass is 10.00. The fourth-order valence-corrected chi connectivity index (χ4v) is 2.07. The number of aliphatic hydroxyl groups is 3. The summed E-state index contributed by atoms with van der Waals surface area (Å²) in [5.41, 5.74) is 0.624. The third kappa shape index (κ3) is 2.98. The van der Waals surface area contributed by atoms with Crippen molar-refractivity contribution in [2.45, 2.75) is 43.7 Å². The molecule has 1 heterocycles. The van der Waals surface area contributed by atoms with Gasteiger partial charge in [0.15, 0.2) is 12.4 Å². The predicted molar refractivity (Wildman–Crippen MR) is 68.2 cm³/mol. The van der Waals surface area contributed by atoms with Crippen molar-refractivity contribution in [3.8, 4) is 6.07 Å². The molecule has 6 atom stereocenters. The molecule has 1 aliphatic rings. The van der Waals surface area contributed by atoms with Crippen molar-refractivity contribution in [3.63, 3.8) is 0 Å². The molecule has 6 heteroatoms. The predicted octanol–water partition coefficient (Wildman–Crippen LogP) is 0.0954. The number of benzene rings is 1. The van der Waals surface area contributed by atoms with Crippen LogP contribution in [-0.2, 0) is 9.47 Å². The van der Waals surface area contributed by atoms with Crippen molar-refractivity contribution in [1.82, 2.24) is 0 Å². The molecule has 20 heavy (non-hydrogen) atoms. The standard InChI is InChI=1S/C14H17NO5/c1-8-11(16)12(17)13(18)14(19-8)20-10(7-15)9-5-3-2-4-6-9/h2-6,8,10-14,16-18H,1H3. The summed E-state index contributed by atoms with van der Waals surface area (Å²) in [5.74, 6) is 0. The van der Waals surface area contributed by atoms with Gasteiger partial charge in [0.25, 0.3) is 0 Å². The van der Waals surface area contributed by atoms with E-state index >= 15 is 0 Å². The summed E-state index contributed by atoms with van der Waals surface area (Å²) >= 11 is 0. The van der Waals surface area contributed by atoms with E-state index < -0.39 is 36.8 Å². The van der Waals surface area contributed by atoms with Gasteiger partial charge in [-0.15, -0.1) is 0 Å². The van der Waals surface area contributed by atoms with E-state index in [4.69, 9.17) is 14.7 Å². The molecule has 0 aromatic heterocycles. The fraction of sp³-hybridized carbons (Fsp3) is 0.500. The number of hydrogen-bond acceptors (Lipinski definition) is 6. The van der Waals surface area contributed by atoms with Crippen LogP contribution in [0.15, 0.2) is 30.3 Å². The minimum Gasteiger partial charge on any atom is -0.388 e. The van der Waals surface area contributed by atoms with Gasteiger partial charge in [0.1, 0.15) is 18.3 Å². The number of hydrogen-bond donors (Lipinski definition) is 3. The average molecular weight is 279 g/mol. The summed E-state index contributed by atoms with van der Waals surface area (Å²) in [4.78, 5) is 0. The lowest BCUT2D eigenvalue weighted by Crippen LogP contribution is -2.57. The second-order valence-corrected chi connectivity index (χ2v) is 4.74. The zero-order chi connectivity index (χ0) is 14.7. The normalized spacial score (nSPS) is 35.2. The van der Waals surface area contributed by atoms with Crippen LogP contribution >= 0.6 is 0 Å². The maximum Gasteiger partial charge on any atom is 0.188 e. The Morgan fingerprint density at radius 3 is 2.40 bits per heavy atom. The first kappa shape index (κ1) is 14.9. The van der Waals surface area contributed by atoms with Crippen molar-refractivity contribution >= 4 is 0 Å². The van der Waals surface area contributed by atoms with Gasteiger partial charge in [0.05, 0.1) is 12.2 Å². The Balaban J connectivity index is 2.10. The number of rotatable bonds is 3. The van der Waals surface area contributed by atoms with Crippen molar-refractivity contribution in [2.24, 2.45) is 0 Å². The zero-order valence-corrected chi connectivity index (χ0v) is 11.0. The lowest BCUT2D eigenvalue weighted by Gasteiger charge is -2.39. The third-order valence-electron chi connectivity index (χ3n) is 3.30. The van der Waals surface area contributed by atoms with E-state index in [0.717, 1.165) is 0 Å². The Labute approximate surface area is 116 Å². The Hall–Kier alpha value is -1.49. The molecular weight excluding hydrogens is 262 g/mol. The van der Waals surface area contributed by atoms with Crippen LogP contribution in [0.3, 0.4) is 0 Å². The Morgan fingerprint density at radius 2 is 1.80 bits per heavy atom. The summed E-state index contributed by atoms with van der Waals surface area (Å²) in [7, 11) is 0. The van der Waals surface area contributed by atoms with Crippen molar-refractivity contribution in [2.75, 3.05) is 0 Å². The highest BCUT2D eigenvalue weighted by Gasteiger charge is 2.43. The molecule has 1 aromatic carbocycles. The first-order valence-corrected chi connectivity index (χ1v) is 6.34. The summed E-state index contributed by atoms with van der Waals surface area (Å²) in [5, 5.41) is 38.3. The molecule has 3 N–H and O–H groups in total. The molecule has 0 radical (unpaired) electrons. The monoisotopic (exact) mass is 279 g/mol. The Bertz CT molecular complexity index is 474. The van der Waals surface area contributed by atoms with Gasteiger partial charge in [-0.3, -0.25) is 0 Å². The fourth-order valence-electron chi connectivity index (χ4n) is 2.07. The van der Waals surface area contributed by atoms with Crippen LogP contribution in [0, 0.1) is 11.3 Å². The third-order valence-corrected chi connectivity index (χ3v) is 3.30. The van der Waals surface area contributed by atoms with Crippen LogP contribution in [0.2, 0.25) is 0 Å². The largest absolute Gasteiger partial charge is 0.388 e. The highest BCUT2D eigenvalue weighted by atomic mass is 16.7. The Morgan fingerprint density at radius 1 is 1.15 bits per heavy atom. The summed E-state index contributed by atoms with van der Waals surface area (Å²) < 4.78 is 10.7. The van der Waals surface area contributed by atoms with Crippen molar-refractivity contribution < 1.29 is 24.8 Å². The SMILES string of the molecule is CC1OC(OC(C#N)c2ccccc2)C(O)C(O)C1O. The van der Waals surface area contributed by atoms with Crippen LogP contribution in [0.25, 0.3) is 0 Å². The van der Waals surface area contributed by atoms with E-state index in [1.807, 2.05) is 12.1 Å². The second kappa shape index (κ2) is 6.31. The second-order valence-electron chi connectivity index (χ2n) is 4.74. The van der Waals surface area contributed by atoms with E-state index in [1.165, 1.54) is 0 Å². The maximum atomic E-state index is 9.85. The summed E-state index contributed by atoms with van der Waals surface area (Å²) in [6.45, 7) is 1.56. The molecule has 6 nitrogen and oxygen atoms in total. The van der Waals surface area contributed by atoms with Gasteiger partial charge >= 0.3 is 0 Å². The van der Waals surface area contributed by atoms with Crippen molar-refractivity contribution in [3.05, 3.63) is 35.9 Å². The molecule has 2 rings (SSSR count). The van der Waals surface area contributed by atoms with E-state index in [9.17, 15) is 15.3 Å². The minimum atomic E-state index is -1.42. The first-order chi connectivity index (χ1) is 9.54. The van der Waals surface area contributed by atoms with Gasteiger partial charge in [0, 0.05) is 0 Å². The molecule has 1 saturated heterocycles. The van der Waals surface area contributed by atoms with Crippen LogP contribution < -0.4 is 0 Å². The van der Waals surface area contributed by atoms with Crippen LogP contribution in [0.1, 0.15) is 18.6 Å². The molecule has 1 fully saturated rings. The van der Waals surface area contributed by atoms with E-state index in [1.54, 1.807) is 31.2 Å². The van der Waals surface area contributed by atoms with Gasteiger partial charge in [-0.25, -0.2) is 0 Å². The highest BCUT2D eigenvalue weighted by Crippen LogP contribution is 2.26. The number of ether oxygens (including phenoxy) is 2. The van der Waals surface area contributed by atoms with Crippen molar-refractivity contribution in [1.29, 1.82) is 5.26 Å². The molecule has 0 saturated carbocycles. The molecule has 108 valence electrons. The van der Waals surface area contributed by atoms with Gasteiger partial charge in [-0.1, -0.05) is 30.3 Å². The van der Waals surface area contributed by atoms with E-state index in [2.05, 4.69) is 0 Å². The van der Waals surface area contributed by atoms with Crippen LogP contribution in [0.5, 0.6) is 0 Å². The lowest BCUT2D eigenvalue weighted by molar-refractivity contribution is -0.300. The molecule has 0 spiro atoms. The molecule has 0 amide bonds. The quantitative estimate of drug-likeness (QED) is 0.725. The van der Waals surface area contributed by atoms with Gasteiger partial charge in [-0.05, 0) is 12.5 Å². The first-order valence-electron chi connectivity index (χ1n) is 6.34. The number of nitrogens with zero attached hydrogens (tertiary/aromatic N) is 1. The highest BCUT2D eigenvalue weighted by molar-refractivity contribution is 5.22. The molecule has 1 aromatic rings. The molecule has 0 aliphatic carbocycles. The Kier molecular flexibility index (Phi) is 4.70. The number of nitriles is 1. The van der Waals surface area contributed by atoms with Crippen LogP contribution in [0.4, 0.5) is 0 Å². The van der Waals surface area contributed by atoms with E-state index in [-0.39, 0.29) is 0 Å². The molecule has 6 unspecified atom stereocenters. The average Bonchev–Trinajstić information content (AvgIpc) is 2.48. The molecule has 0 bridgehead atoms. The van der Waals surface area contributed by atoms with Gasteiger partial charge in [0.2, 0.25) is 0 Å². The molecular formula is C14H17NO5. The smallest absolute Gasteiger partial charge is 0.188 e. The maximum absolute atomic E-state index is 9.85.